The molecule has 1 fully saturated rings. The third-order valence-corrected chi connectivity index (χ3v) is 1.95. The van der Waals surface area contributed by atoms with E-state index in [0.29, 0.717) is 18.6 Å². The predicted molar refractivity (Wildman–Crippen MR) is 67.5 cm³/mol. The van der Waals surface area contributed by atoms with Crippen LogP contribution in [0.4, 0.5) is 0 Å². The van der Waals surface area contributed by atoms with Gasteiger partial charge in [-0.1, -0.05) is 0 Å². The van der Waals surface area contributed by atoms with Crippen molar-refractivity contribution in [2.75, 3.05) is 0 Å². The molecule has 1 aliphatic heterocycles. The highest BCUT2D eigenvalue weighted by atomic mass is 16.3. The number of nitrogens with one attached hydrogen (secondary N) is 1. The second-order valence-corrected chi connectivity index (χ2v) is 6.96. The maximum Gasteiger partial charge on any atom is 0.136 e. The van der Waals surface area contributed by atoms with E-state index >= 15 is 0 Å². The van der Waals surface area contributed by atoms with Crippen LogP contribution >= 0.6 is 0 Å². The van der Waals surface area contributed by atoms with Crippen molar-refractivity contribution in [3.05, 3.63) is 0 Å². The second-order valence-electron chi connectivity index (χ2n) is 6.96. The van der Waals surface area contributed by atoms with Crippen molar-refractivity contribution in [3.8, 4) is 0 Å². The largest absolute Gasteiger partial charge is 0.391 e. The Morgan fingerprint density at radius 3 is 1.50 bits per heavy atom. The van der Waals surface area contributed by atoms with Crippen LogP contribution in [0.5, 0.6) is 0 Å². The number of hydrogen-bond acceptors (Lipinski definition) is 3. The Morgan fingerprint density at radius 1 is 1.06 bits per heavy atom. The lowest BCUT2D eigenvalue weighted by molar-refractivity contribution is -0.124. The Bertz CT molecular complexity index is 225. The highest BCUT2D eigenvalue weighted by Crippen LogP contribution is 2.25. The molecule has 0 bridgehead atoms. The maximum absolute atomic E-state index is 11.3. The van der Waals surface area contributed by atoms with Crippen molar-refractivity contribution in [2.45, 2.75) is 78.0 Å². The van der Waals surface area contributed by atoms with Crippen LogP contribution in [-0.4, -0.2) is 27.6 Å². The van der Waals surface area contributed by atoms with Crippen LogP contribution in [0, 0.1) is 0 Å². The topological polar surface area (TPSA) is 49.3 Å². The van der Waals surface area contributed by atoms with Crippen molar-refractivity contribution in [1.29, 1.82) is 0 Å². The number of hydrogen-bond donors (Lipinski definition) is 2. The van der Waals surface area contributed by atoms with Gasteiger partial charge in [0.2, 0.25) is 0 Å². The molecule has 3 nitrogen and oxygen atoms in total. The first-order chi connectivity index (χ1) is 6.81. The zero-order valence-corrected chi connectivity index (χ0v) is 11.8. The van der Waals surface area contributed by atoms with E-state index in [-0.39, 0.29) is 11.1 Å². The molecule has 0 atom stereocenters. The monoisotopic (exact) mass is 229 g/mol. The summed E-state index contributed by atoms with van der Waals surface area (Å²) in [6.07, 6.45) is 1.33. The SMILES string of the molecule is CC(C)(C)O.CC1(C)CC(=O)CC(C)(C)N1. The molecule has 0 unspecified atom stereocenters. The van der Waals surface area contributed by atoms with E-state index in [1.165, 1.54) is 0 Å². The van der Waals surface area contributed by atoms with E-state index < -0.39 is 5.60 Å². The van der Waals surface area contributed by atoms with Crippen LogP contribution < -0.4 is 5.32 Å². The molecule has 16 heavy (non-hydrogen) atoms. The van der Waals surface area contributed by atoms with Crippen molar-refractivity contribution in [1.82, 2.24) is 5.32 Å². The number of piperidine rings is 1. The molecule has 1 rings (SSSR count). The highest BCUT2D eigenvalue weighted by Gasteiger charge is 2.36. The van der Waals surface area contributed by atoms with Gasteiger partial charge in [0, 0.05) is 23.9 Å². The Morgan fingerprint density at radius 2 is 1.31 bits per heavy atom. The lowest BCUT2D eigenvalue weighted by Crippen LogP contribution is -2.58. The molecule has 0 aromatic heterocycles. The first kappa shape index (κ1) is 15.6. The fourth-order valence-corrected chi connectivity index (χ4v) is 2.05. The summed E-state index contributed by atoms with van der Waals surface area (Å²) in [6.45, 7) is 13.5. The highest BCUT2D eigenvalue weighted by molar-refractivity contribution is 5.81. The van der Waals surface area contributed by atoms with Crippen molar-refractivity contribution < 1.29 is 9.90 Å². The number of carbonyl (C=O) groups is 1. The van der Waals surface area contributed by atoms with Gasteiger partial charge in [-0.15, -0.1) is 0 Å². The number of aliphatic hydroxyl groups is 1. The number of ketones is 1. The van der Waals surface area contributed by atoms with E-state index in [1.54, 1.807) is 20.8 Å². The maximum atomic E-state index is 11.3. The zero-order valence-electron chi connectivity index (χ0n) is 11.8. The Labute approximate surface area is 99.6 Å². The molecule has 96 valence electrons. The van der Waals surface area contributed by atoms with Gasteiger partial charge in [0.05, 0.1) is 5.60 Å². The van der Waals surface area contributed by atoms with E-state index in [2.05, 4.69) is 33.0 Å². The van der Waals surface area contributed by atoms with Gasteiger partial charge in [0.15, 0.2) is 0 Å². The molecule has 0 aromatic carbocycles. The Kier molecular flexibility index (Phi) is 4.72. The molecule has 0 amide bonds. The summed E-state index contributed by atoms with van der Waals surface area (Å²) >= 11 is 0. The molecule has 2 N–H and O–H groups in total. The van der Waals surface area contributed by atoms with E-state index in [9.17, 15) is 4.79 Å². The van der Waals surface area contributed by atoms with Crippen molar-refractivity contribution >= 4 is 5.78 Å². The molecule has 3 heteroatoms. The van der Waals surface area contributed by atoms with E-state index in [0.717, 1.165) is 0 Å². The molecule has 0 saturated carbocycles. The van der Waals surface area contributed by atoms with E-state index in [1.807, 2.05) is 0 Å². The van der Waals surface area contributed by atoms with Gasteiger partial charge in [0.25, 0.3) is 0 Å². The molecule has 0 spiro atoms. The minimum Gasteiger partial charge on any atom is -0.391 e. The first-order valence-corrected chi connectivity index (χ1v) is 5.84. The predicted octanol–water partition coefficient (Wildman–Crippen LogP) is 2.27. The summed E-state index contributed by atoms with van der Waals surface area (Å²) in [7, 11) is 0. The normalized spacial score (nSPS) is 23.4. The average molecular weight is 229 g/mol. The van der Waals surface area contributed by atoms with Crippen LogP contribution in [0.3, 0.4) is 0 Å². The standard InChI is InChI=1S/C9H17NO.C4H10O/c1-8(2)5-7(11)6-9(3,4)10-8;1-4(2,3)5/h10H,5-6H2,1-4H3;5H,1-3H3. The third kappa shape index (κ3) is 8.86. The summed E-state index contributed by atoms with van der Waals surface area (Å²) in [6, 6.07) is 0. The Balaban J connectivity index is 0.000000385. The molecule has 0 radical (unpaired) electrons. The smallest absolute Gasteiger partial charge is 0.136 e. The fraction of sp³-hybridized carbons (Fsp3) is 0.923. The van der Waals surface area contributed by atoms with Crippen LogP contribution in [0.25, 0.3) is 0 Å². The van der Waals surface area contributed by atoms with Gasteiger partial charge in [0.1, 0.15) is 5.78 Å². The van der Waals surface area contributed by atoms with Gasteiger partial charge in [-0.3, -0.25) is 4.79 Å². The molecule has 1 aliphatic rings. The summed E-state index contributed by atoms with van der Waals surface area (Å²) in [4.78, 5) is 11.3. The molecule has 0 aliphatic carbocycles. The minimum atomic E-state index is -0.500. The van der Waals surface area contributed by atoms with Gasteiger partial charge in [-0.05, 0) is 48.5 Å². The number of rotatable bonds is 0. The number of carbonyl (C=O) groups excluding carboxylic acids is 1. The first-order valence-electron chi connectivity index (χ1n) is 5.84. The zero-order chi connectivity index (χ0) is 13.2. The summed E-state index contributed by atoms with van der Waals surface area (Å²) < 4.78 is 0. The molecule has 1 saturated heterocycles. The molecule has 0 aromatic rings. The van der Waals surface area contributed by atoms with E-state index in [4.69, 9.17) is 5.11 Å². The lowest BCUT2D eigenvalue weighted by Gasteiger charge is -2.41. The molecule has 1 heterocycles. The van der Waals surface area contributed by atoms with Crippen LogP contribution in [0.2, 0.25) is 0 Å². The van der Waals surface area contributed by atoms with Gasteiger partial charge < -0.3 is 10.4 Å². The summed E-state index contributed by atoms with van der Waals surface area (Å²) in [5.41, 5.74) is -0.530. The second kappa shape index (κ2) is 4.84. The van der Waals surface area contributed by atoms with Crippen LogP contribution in [0.1, 0.15) is 61.3 Å². The quantitative estimate of drug-likeness (QED) is 0.670. The summed E-state index contributed by atoms with van der Waals surface area (Å²) in [5.74, 6) is 0.374. The van der Waals surface area contributed by atoms with Gasteiger partial charge in [-0.25, -0.2) is 0 Å². The Hall–Kier alpha value is -0.410. The average Bonchev–Trinajstić information content (AvgIpc) is 1.69. The fourth-order valence-electron chi connectivity index (χ4n) is 2.05. The van der Waals surface area contributed by atoms with Crippen LogP contribution in [-0.2, 0) is 4.79 Å². The van der Waals surface area contributed by atoms with Gasteiger partial charge >= 0.3 is 0 Å². The van der Waals surface area contributed by atoms with Gasteiger partial charge in [-0.2, -0.15) is 0 Å². The molecular weight excluding hydrogens is 202 g/mol. The molecular formula is C13H27NO2. The van der Waals surface area contributed by atoms with Crippen molar-refractivity contribution in [3.63, 3.8) is 0 Å². The third-order valence-electron chi connectivity index (χ3n) is 1.95. The summed E-state index contributed by atoms with van der Waals surface area (Å²) in [5, 5.41) is 12.0. The van der Waals surface area contributed by atoms with Crippen molar-refractivity contribution in [2.24, 2.45) is 0 Å². The number of Topliss-reactive ketones (excluding diaryl/α,β-unsaturated/α-hetero) is 1. The lowest BCUT2D eigenvalue weighted by atomic mass is 9.82. The van der Waals surface area contributed by atoms with Crippen LogP contribution in [0.15, 0.2) is 0 Å². The minimum absolute atomic E-state index is 0.0150.